The fraction of sp³-hybridized carbons (Fsp3) is 0.240. The van der Waals surface area contributed by atoms with Crippen molar-refractivity contribution in [1.29, 1.82) is 0 Å². The van der Waals surface area contributed by atoms with E-state index in [0.717, 1.165) is 28.9 Å². The van der Waals surface area contributed by atoms with E-state index >= 15 is 0 Å². The van der Waals surface area contributed by atoms with E-state index in [0.29, 0.717) is 22.0 Å². The fourth-order valence-corrected chi connectivity index (χ4v) is 4.62. The Morgan fingerprint density at radius 2 is 1.70 bits per heavy atom. The Kier molecular flexibility index (Phi) is 6.40. The van der Waals surface area contributed by atoms with Crippen molar-refractivity contribution in [3.63, 3.8) is 0 Å². The van der Waals surface area contributed by atoms with Gasteiger partial charge in [-0.1, -0.05) is 35.5 Å². The minimum atomic E-state index is -3.32. The maximum atomic E-state index is 12.4. The molecule has 0 amide bonds. The van der Waals surface area contributed by atoms with Crippen molar-refractivity contribution in [3.05, 3.63) is 72.1 Å². The molecule has 0 aliphatic carbocycles. The molecule has 2 heterocycles. The first-order valence-electron chi connectivity index (χ1n) is 10.7. The molecule has 0 aliphatic heterocycles. The summed E-state index contributed by atoms with van der Waals surface area (Å²) < 4.78 is 30.3. The second-order valence-corrected chi connectivity index (χ2v) is 10.7. The number of rotatable bonds is 7. The van der Waals surface area contributed by atoms with Gasteiger partial charge in [-0.05, 0) is 51.1 Å². The summed E-state index contributed by atoms with van der Waals surface area (Å²) in [4.78, 5) is 9.24. The normalized spacial score (nSPS) is 11.8. The van der Waals surface area contributed by atoms with Crippen molar-refractivity contribution < 1.29 is 12.9 Å². The van der Waals surface area contributed by atoms with Crippen LogP contribution in [0.2, 0.25) is 0 Å². The Balaban J connectivity index is 1.61. The van der Waals surface area contributed by atoms with Crippen LogP contribution in [0.25, 0.3) is 34.0 Å². The third kappa shape index (κ3) is 4.72. The van der Waals surface area contributed by atoms with Crippen LogP contribution in [0.15, 0.2) is 70.3 Å². The van der Waals surface area contributed by atoms with Crippen LogP contribution >= 0.6 is 0 Å². The first kappa shape index (κ1) is 22.8. The van der Waals surface area contributed by atoms with Gasteiger partial charge in [-0.15, -0.1) is 0 Å². The SMILES string of the molecule is CNCc1ccc(-c2cc(-c3cncc(-c4ccc(S(=O)(=O)C(C)C)cc4)n3)on2)c(C)c1. The lowest BCUT2D eigenvalue weighted by atomic mass is 10.0. The minimum Gasteiger partial charge on any atom is -0.354 e. The Bertz CT molecular complexity index is 1380. The molecule has 0 bridgehead atoms. The molecular weight excluding hydrogens is 436 g/mol. The second-order valence-electron chi connectivity index (χ2n) is 8.16. The van der Waals surface area contributed by atoms with Crippen LogP contribution in [0.1, 0.15) is 25.0 Å². The van der Waals surface area contributed by atoms with Crippen molar-refractivity contribution in [2.75, 3.05) is 7.05 Å². The highest BCUT2D eigenvalue weighted by Gasteiger charge is 2.19. The first-order valence-corrected chi connectivity index (χ1v) is 12.2. The molecule has 4 rings (SSSR count). The summed E-state index contributed by atoms with van der Waals surface area (Å²) in [5.74, 6) is 0.511. The Hall–Kier alpha value is -3.36. The predicted octanol–water partition coefficient (Wildman–Crippen LogP) is 4.68. The maximum absolute atomic E-state index is 12.4. The summed E-state index contributed by atoms with van der Waals surface area (Å²) in [5.41, 5.74) is 5.97. The highest BCUT2D eigenvalue weighted by Crippen LogP contribution is 2.29. The summed E-state index contributed by atoms with van der Waals surface area (Å²) >= 11 is 0. The number of nitrogens with one attached hydrogen (secondary N) is 1. The van der Waals surface area contributed by atoms with Gasteiger partial charge in [-0.2, -0.15) is 0 Å². The average molecular weight is 463 g/mol. The molecule has 0 unspecified atom stereocenters. The molecule has 2 aromatic carbocycles. The van der Waals surface area contributed by atoms with Gasteiger partial charge in [-0.25, -0.2) is 13.4 Å². The highest BCUT2D eigenvalue weighted by atomic mass is 32.2. The van der Waals surface area contributed by atoms with Crippen molar-refractivity contribution in [1.82, 2.24) is 20.4 Å². The molecule has 2 aromatic heterocycles. The van der Waals surface area contributed by atoms with Crippen LogP contribution in [-0.4, -0.2) is 35.8 Å². The molecule has 0 atom stereocenters. The number of benzene rings is 2. The average Bonchev–Trinajstić information content (AvgIpc) is 3.29. The number of aromatic nitrogens is 3. The molecular formula is C25H26N4O3S. The molecule has 8 heteroatoms. The lowest BCUT2D eigenvalue weighted by Crippen LogP contribution is -2.13. The van der Waals surface area contributed by atoms with Gasteiger partial charge >= 0.3 is 0 Å². The molecule has 4 aromatic rings. The minimum absolute atomic E-state index is 0.293. The van der Waals surface area contributed by atoms with E-state index in [1.54, 1.807) is 50.5 Å². The lowest BCUT2D eigenvalue weighted by Gasteiger charge is -2.08. The van der Waals surface area contributed by atoms with Gasteiger partial charge in [0.25, 0.3) is 0 Å². The van der Waals surface area contributed by atoms with Crippen LogP contribution in [0.4, 0.5) is 0 Å². The summed E-state index contributed by atoms with van der Waals surface area (Å²) in [7, 11) is -1.40. The van der Waals surface area contributed by atoms with Gasteiger partial charge in [0.2, 0.25) is 0 Å². The molecule has 7 nitrogen and oxygen atoms in total. The van der Waals surface area contributed by atoms with E-state index in [1.807, 2.05) is 26.1 Å². The number of hydrogen-bond acceptors (Lipinski definition) is 7. The van der Waals surface area contributed by atoms with Crippen molar-refractivity contribution >= 4 is 9.84 Å². The number of sulfone groups is 1. The van der Waals surface area contributed by atoms with Gasteiger partial charge in [0, 0.05) is 23.7 Å². The highest BCUT2D eigenvalue weighted by molar-refractivity contribution is 7.92. The molecule has 0 saturated carbocycles. The largest absolute Gasteiger partial charge is 0.354 e. The van der Waals surface area contributed by atoms with E-state index in [1.165, 1.54) is 5.56 Å². The van der Waals surface area contributed by atoms with Gasteiger partial charge in [0.15, 0.2) is 15.6 Å². The van der Waals surface area contributed by atoms with Crippen molar-refractivity contribution in [2.24, 2.45) is 0 Å². The van der Waals surface area contributed by atoms with Crippen molar-refractivity contribution in [3.8, 4) is 34.0 Å². The molecule has 0 saturated heterocycles. The molecule has 33 heavy (non-hydrogen) atoms. The Morgan fingerprint density at radius 3 is 2.36 bits per heavy atom. The second kappa shape index (κ2) is 9.25. The Labute approximate surface area is 193 Å². The van der Waals surface area contributed by atoms with Crippen LogP contribution in [-0.2, 0) is 16.4 Å². The van der Waals surface area contributed by atoms with Gasteiger partial charge in [0.1, 0.15) is 11.4 Å². The van der Waals surface area contributed by atoms with Crippen LogP contribution in [0.5, 0.6) is 0 Å². The van der Waals surface area contributed by atoms with E-state index < -0.39 is 15.1 Å². The third-order valence-corrected chi connectivity index (χ3v) is 7.61. The quantitative estimate of drug-likeness (QED) is 0.426. The van der Waals surface area contributed by atoms with Crippen LogP contribution < -0.4 is 5.32 Å². The van der Waals surface area contributed by atoms with Crippen molar-refractivity contribution in [2.45, 2.75) is 37.5 Å². The summed E-state index contributed by atoms with van der Waals surface area (Å²) in [6.07, 6.45) is 3.26. The summed E-state index contributed by atoms with van der Waals surface area (Å²) in [5, 5.41) is 6.91. The van der Waals surface area contributed by atoms with Gasteiger partial charge in [-0.3, -0.25) is 4.98 Å². The fourth-order valence-electron chi connectivity index (χ4n) is 3.56. The van der Waals surface area contributed by atoms with Gasteiger partial charge < -0.3 is 9.84 Å². The van der Waals surface area contributed by atoms with Crippen LogP contribution in [0, 0.1) is 6.92 Å². The zero-order valence-corrected chi connectivity index (χ0v) is 19.8. The molecule has 0 aliphatic rings. The van der Waals surface area contributed by atoms with Gasteiger partial charge in [0.05, 0.1) is 28.2 Å². The molecule has 0 fully saturated rings. The first-order chi connectivity index (χ1) is 15.8. The van der Waals surface area contributed by atoms with Crippen LogP contribution in [0.3, 0.4) is 0 Å². The monoisotopic (exact) mass is 462 g/mol. The number of nitrogens with zero attached hydrogens (tertiary/aromatic N) is 3. The number of aryl methyl sites for hydroxylation is 1. The molecule has 0 radical (unpaired) electrons. The standard InChI is InChI=1S/C25H26N4O3S/c1-16(2)33(30,31)20-8-6-19(7-9-20)23-14-27-15-24(28-23)25-12-22(29-32-25)21-10-5-18(13-26-4)11-17(21)3/h5-12,14-16,26H,13H2,1-4H3. The predicted molar refractivity (Wildman–Crippen MR) is 128 cm³/mol. The smallest absolute Gasteiger partial charge is 0.187 e. The number of hydrogen-bond donors (Lipinski definition) is 1. The third-order valence-electron chi connectivity index (χ3n) is 5.44. The lowest BCUT2D eigenvalue weighted by molar-refractivity contribution is 0.433. The summed E-state index contributed by atoms with van der Waals surface area (Å²) in [6.45, 7) is 6.19. The zero-order valence-electron chi connectivity index (χ0n) is 19.0. The van der Waals surface area contributed by atoms with E-state index in [2.05, 4.69) is 32.6 Å². The molecule has 170 valence electrons. The maximum Gasteiger partial charge on any atom is 0.187 e. The van der Waals surface area contributed by atoms with E-state index in [9.17, 15) is 8.42 Å². The van der Waals surface area contributed by atoms with E-state index in [-0.39, 0.29) is 0 Å². The summed E-state index contributed by atoms with van der Waals surface area (Å²) in [6, 6.07) is 14.8. The molecule has 1 N–H and O–H groups in total. The zero-order chi connectivity index (χ0) is 23.6. The topological polar surface area (TPSA) is 98.0 Å². The molecule has 0 spiro atoms. The van der Waals surface area contributed by atoms with E-state index in [4.69, 9.17) is 4.52 Å². The Morgan fingerprint density at radius 1 is 0.970 bits per heavy atom.